The van der Waals surface area contributed by atoms with Gasteiger partial charge in [0.2, 0.25) is 0 Å². The minimum absolute atomic E-state index is 0.00898. The number of aliphatic carboxylic acids is 1. The minimum Gasteiger partial charge on any atom is -0.481 e. The molecule has 3 N–H and O–H groups in total. The number of benzene rings is 1. The highest BCUT2D eigenvalue weighted by Crippen LogP contribution is 2.29. The summed E-state index contributed by atoms with van der Waals surface area (Å²) >= 11 is 1.18. The number of nitrogens with zero attached hydrogens (tertiary/aromatic N) is 1. The van der Waals surface area contributed by atoms with Gasteiger partial charge in [0, 0.05) is 24.0 Å². The predicted molar refractivity (Wildman–Crippen MR) is 85.6 cm³/mol. The van der Waals surface area contributed by atoms with E-state index in [9.17, 15) is 22.8 Å². The standard InChI is InChI=1S/C15H14F3N3O3S/c16-15(17,18)10-3-1-9(2-4-10)7-11-8-20-14(25-11)21-13(24)19-6-5-12(22)23/h1-4,8H,5-7H2,(H,22,23)(H2,19,20,21,24). The van der Waals surface area contributed by atoms with Crippen LogP contribution in [0.25, 0.3) is 0 Å². The average molecular weight is 373 g/mol. The zero-order chi connectivity index (χ0) is 18.4. The van der Waals surface area contributed by atoms with Crippen LogP contribution in [0.1, 0.15) is 22.4 Å². The topological polar surface area (TPSA) is 91.3 Å². The number of halogens is 3. The Bertz CT molecular complexity index is 744. The number of thiazole rings is 1. The lowest BCUT2D eigenvalue weighted by atomic mass is 10.1. The van der Waals surface area contributed by atoms with Gasteiger partial charge in [0.1, 0.15) is 0 Å². The van der Waals surface area contributed by atoms with Crippen molar-refractivity contribution in [1.29, 1.82) is 0 Å². The van der Waals surface area contributed by atoms with Gasteiger partial charge in [0.25, 0.3) is 0 Å². The molecule has 6 nitrogen and oxygen atoms in total. The second-order valence-electron chi connectivity index (χ2n) is 5.03. The third-order valence-electron chi connectivity index (χ3n) is 3.06. The number of alkyl halides is 3. The fourth-order valence-electron chi connectivity index (χ4n) is 1.88. The number of carboxylic acids is 1. The van der Waals surface area contributed by atoms with Gasteiger partial charge < -0.3 is 10.4 Å². The van der Waals surface area contributed by atoms with E-state index >= 15 is 0 Å². The molecule has 1 heterocycles. The molecule has 0 aliphatic carbocycles. The van der Waals surface area contributed by atoms with E-state index in [0.717, 1.165) is 17.0 Å². The largest absolute Gasteiger partial charge is 0.481 e. The number of rotatable bonds is 6. The monoisotopic (exact) mass is 373 g/mol. The minimum atomic E-state index is -4.37. The van der Waals surface area contributed by atoms with E-state index in [1.165, 1.54) is 29.7 Å². The van der Waals surface area contributed by atoms with Gasteiger partial charge in [-0.05, 0) is 17.7 Å². The van der Waals surface area contributed by atoms with Crippen LogP contribution in [0.2, 0.25) is 0 Å². The molecule has 10 heteroatoms. The van der Waals surface area contributed by atoms with Crippen molar-refractivity contribution in [3.8, 4) is 0 Å². The molecule has 0 bridgehead atoms. The molecule has 2 aromatic rings. The zero-order valence-electron chi connectivity index (χ0n) is 12.8. The van der Waals surface area contributed by atoms with E-state index in [0.29, 0.717) is 17.1 Å². The van der Waals surface area contributed by atoms with Crippen molar-refractivity contribution in [2.24, 2.45) is 0 Å². The molecule has 1 aromatic carbocycles. The van der Waals surface area contributed by atoms with Crippen LogP contribution < -0.4 is 10.6 Å². The summed E-state index contributed by atoms with van der Waals surface area (Å²) < 4.78 is 37.6. The molecular formula is C15H14F3N3O3S. The smallest absolute Gasteiger partial charge is 0.416 e. The lowest BCUT2D eigenvalue weighted by Crippen LogP contribution is -2.30. The number of anilines is 1. The van der Waals surface area contributed by atoms with E-state index in [1.807, 2.05) is 0 Å². The molecule has 25 heavy (non-hydrogen) atoms. The first-order valence-corrected chi connectivity index (χ1v) is 7.93. The molecule has 0 saturated carbocycles. The highest BCUT2D eigenvalue weighted by Gasteiger charge is 2.29. The summed E-state index contributed by atoms with van der Waals surface area (Å²) in [6, 6.07) is 4.26. The van der Waals surface area contributed by atoms with Crippen molar-refractivity contribution in [2.45, 2.75) is 19.0 Å². The Labute approximate surface area is 144 Å². The molecule has 0 fully saturated rings. The quantitative estimate of drug-likeness (QED) is 0.724. The van der Waals surface area contributed by atoms with Crippen molar-refractivity contribution in [3.63, 3.8) is 0 Å². The molecule has 0 saturated heterocycles. The fourth-order valence-corrected chi connectivity index (χ4v) is 2.73. The van der Waals surface area contributed by atoms with E-state index in [-0.39, 0.29) is 13.0 Å². The zero-order valence-corrected chi connectivity index (χ0v) is 13.6. The van der Waals surface area contributed by atoms with Crippen LogP contribution in [0.5, 0.6) is 0 Å². The highest BCUT2D eigenvalue weighted by molar-refractivity contribution is 7.15. The summed E-state index contributed by atoms with van der Waals surface area (Å²) in [5, 5.41) is 13.6. The summed E-state index contributed by atoms with van der Waals surface area (Å²) in [6.45, 7) is -0.00898. The van der Waals surface area contributed by atoms with Crippen LogP contribution in [0.15, 0.2) is 30.5 Å². The molecule has 2 amide bonds. The molecule has 0 atom stereocenters. The van der Waals surface area contributed by atoms with Gasteiger partial charge in [0.05, 0.1) is 12.0 Å². The lowest BCUT2D eigenvalue weighted by molar-refractivity contribution is -0.138. The number of carboxylic acid groups (broad SMARTS) is 1. The number of nitrogens with one attached hydrogen (secondary N) is 2. The maximum absolute atomic E-state index is 12.5. The summed E-state index contributed by atoms with van der Waals surface area (Å²) in [7, 11) is 0. The summed E-state index contributed by atoms with van der Waals surface area (Å²) in [4.78, 5) is 26.7. The van der Waals surface area contributed by atoms with Crippen LogP contribution in [0, 0.1) is 0 Å². The van der Waals surface area contributed by atoms with Gasteiger partial charge in [-0.15, -0.1) is 11.3 Å². The Morgan fingerprint density at radius 2 is 1.88 bits per heavy atom. The van der Waals surface area contributed by atoms with Crippen molar-refractivity contribution >= 4 is 28.5 Å². The van der Waals surface area contributed by atoms with Crippen molar-refractivity contribution in [3.05, 3.63) is 46.5 Å². The number of urea groups is 1. The maximum Gasteiger partial charge on any atom is 0.416 e. The Balaban J connectivity index is 1.88. The number of amides is 2. The molecule has 0 spiro atoms. The third-order valence-corrected chi connectivity index (χ3v) is 3.97. The van der Waals surface area contributed by atoms with Gasteiger partial charge in [-0.3, -0.25) is 10.1 Å². The Morgan fingerprint density at radius 3 is 2.48 bits per heavy atom. The Morgan fingerprint density at radius 1 is 1.20 bits per heavy atom. The molecule has 1 aromatic heterocycles. The summed E-state index contributed by atoms with van der Waals surface area (Å²) in [5.74, 6) is -1.02. The predicted octanol–water partition coefficient (Wildman–Crippen LogP) is 3.35. The van der Waals surface area contributed by atoms with Crippen LogP contribution in [-0.4, -0.2) is 28.6 Å². The maximum atomic E-state index is 12.5. The Kier molecular flexibility index (Phi) is 5.97. The van der Waals surface area contributed by atoms with Crippen LogP contribution in [0.4, 0.5) is 23.1 Å². The van der Waals surface area contributed by atoms with Gasteiger partial charge >= 0.3 is 18.2 Å². The lowest BCUT2D eigenvalue weighted by Gasteiger charge is -2.06. The first-order chi connectivity index (χ1) is 11.7. The number of hydrogen-bond donors (Lipinski definition) is 3. The normalized spacial score (nSPS) is 11.2. The molecular weight excluding hydrogens is 359 g/mol. The average Bonchev–Trinajstić information content (AvgIpc) is 2.93. The summed E-state index contributed by atoms with van der Waals surface area (Å²) in [5.41, 5.74) is -0.0185. The van der Waals surface area contributed by atoms with Crippen molar-refractivity contribution in [2.75, 3.05) is 11.9 Å². The Hall–Kier alpha value is -2.62. The first kappa shape index (κ1) is 18.7. The van der Waals surface area contributed by atoms with E-state index in [2.05, 4.69) is 15.6 Å². The molecule has 0 aliphatic heterocycles. The number of aromatic nitrogens is 1. The van der Waals surface area contributed by atoms with Gasteiger partial charge in [-0.2, -0.15) is 13.2 Å². The van der Waals surface area contributed by atoms with Crippen molar-refractivity contribution in [1.82, 2.24) is 10.3 Å². The fraction of sp³-hybridized carbons (Fsp3) is 0.267. The SMILES string of the molecule is O=C(O)CCNC(=O)Nc1ncc(Cc2ccc(C(F)(F)F)cc2)s1. The third kappa shape index (κ3) is 6.07. The molecule has 134 valence electrons. The number of carbonyl (C=O) groups is 2. The van der Waals surface area contributed by atoms with Crippen LogP contribution in [-0.2, 0) is 17.4 Å². The molecule has 0 unspecified atom stereocenters. The van der Waals surface area contributed by atoms with Crippen molar-refractivity contribution < 1.29 is 27.9 Å². The second kappa shape index (κ2) is 7.97. The van der Waals surface area contributed by atoms with E-state index in [4.69, 9.17) is 5.11 Å². The van der Waals surface area contributed by atoms with Gasteiger partial charge in [-0.1, -0.05) is 12.1 Å². The number of hydrogen-bond acceptors (Lipinski definition) is 4. The van der Waals surface area contributed by atoms with Crippen LogP contribution in [0.3, 0.4) is 0 Å². The van der Waals surface area contributed by atoms with Gasteiger partial charge in [0.15, 0.2) is 5.13 Å². The molecule has 2 rings (SSSR count). The number of carbonyl (C=O) groups excluding carboxylic acids is 1. The molecule has 0 aliphatic rings. The van der Waals surface area contributed by atoms with Crippen LogP contribution >= 0.6 is 11.3 Å². The van der Waals surface area contributed by atoms with Gasteiger partial charge in [-0.25, -0.2) is 9.78 Å². The molecule has 0 radical (unpaired) electrons. The summed E-state index contributed by atoms with van der Waals surface area (Å²) in [6.07, 6.45) is -2.65. The highest BCUT2D eigenvalue weighted by atomic mass is 32.1. The van der Waals surface area contributed by atoms with E-state index < -0.39 is 23.7 Å². The second-order valence-corrected chi connectivity index (χ2v) is 6.14. The first-order valence-electron chi connectivity index (χ1n) is 7.11. The van der Waals surface area contributed by atoms with E-state index in [1.54, 1.807) is 0 Å².